The zero-order chi connectivity index (χ0) is 14.3. The first-order valence-electron chi connectivity index (χ1n) is 6.38. The first-order chi connectivity index (χ1) is 8.96. The van der Waals surface area contributed by atoms with Gasteiger partial charge in [-0.25, -0.2) is 0 Å². The van der Waals surface area contributed by atoms with Crippen molar-refractivity contribution in [3.8, 4) is 0 Å². The predicted molar refractivity (Wildman–Crippen MR) is 72.1 cm³/mol. The van der Waals surface area contributed by atoms with Gasteiger partial charge in [0, 0.05) is 25.7 Å². The first-order valence-corrected chi connectivity index (χ1v) is 6.38. The van der Waals surface area contributed by atoms with Crippen LogP contribution in [0.25, 0.3) is 0 Å². The molecule has 7 heteroatoms. The molecule has 0 aliphatic carbocycles. The molecule has 0 aliphatic heterocycles. The molecule has 1 heterocycles. The number of ether oxygens (including phenoxy) is 1. The van der Waals surface area contributed by atoms with Gasteiger partial charge in [-0.1, -0.05) is 5.10 Å². The van der Waals surface area contributed by atoms with Crippen molar-refractivity contribution < 1.29 is 14.3 Å². The molecule has 0 atom stereocenters. The number of methoxy groups -OCH3 is 1. The second-order valence-electron chi connectivity index (χ2n) is 5.29. The molecule has 0 bridgehead atoms. The molecule has 2 N–H and O–H groups in total. The summed E-state index contributed by atoms with van der Waals surface area (Å²) in [6.07, 6.45) is 0. The molecule has 0 saturated carbocycles. The number of rotatable bonds is 8. The summed E-state index contributed by atoms with van der Waals surface area (Å²) in [6, 6.07) is 0.414. The zero-order valence-corrected chi connectivity index (χ0v) is 12.1. The van der Waals surface area contributed by atoms with Crippen molar-refractivity contribution >= 4 is 6.01 Å². The van der Waals surface area contributed by atoms with E-state index >= 15 is 0 Å². The summed E-state index contributed by atoms with van der Waals surface area (Å²) >= 11 is 0. The molecule has 0 aliphatic rings. The van der Waals surface area contributed by atoms with Crippen LogP contribution in [0.15, 0.2) is 4.42 Å². The third-order valence-electron chi connectivity index (χ3n) is 2.43. The van der Waals surface area contributed by atoms with E-state index in [0.29, 0.717) is 38.1 Å². The molecule has 1 aromatic rings. The Morgan fingerprint density at radius 2 is 2.05 bits per heavy atom. The van der Waals surface area contributed by atoms with E-state index in [0.717, 1.165) is 0 Å². The number of aliphatic hydroxyl groups is 1. The number of nitrogens with zero attached hydrogens (tertiary/aromatic N) is 3. The van der Waals surface area contributed by atoms with Gasteiger partial charge in [-0.15, -0.1) is 5.10 Å². The SMILES string of the molecule is COCCN(CCO)c1nnc(CNC(C)(C)C)o1. The number of aromatic nitrogens is 2. The minimum Gasteiger partial charge on any atom is -0.407 e. The Balaban J connectivity index is 2.59. The summed E-state index contributed by atoms with van der Waals surface area (Å²) < 4.78 is 10.6. The van der Waals surface area contributed by atoms with Gasteiger partial charge in [-0.05, 0) is 20.8 Å². The van der Waals surface area contributed by atoms with Crippen LogP contribution in [0.5, 0.6) is 0 Å². The van der Waals surface area contributed by atoms with Gasteiger partial charge in [-0.3, -0.25) is 0 Å². The number of anilines is 1. The quantitative estimate of drug-likeness (QED) is 0.708. The smallest absolute Gasteiger partial charge is 0.318 e. The molecule has 0 amide bonds. The lowest BCUT2D eigenvalue weighted by Gasteiger charge is -2.19. The van der Waals surface area contributed by atoms with E-state index in [1.54, 1.807) is 12.0 Å². The Kier molecular flexibility index (Phi) is 6.20. The second-order valence-corrected chi connectivity index (χ2v) is 5.29. The average Bonchev–Trinajstić information content (AvgIpc) is 2.80. The lowest BCUT2D eigenvalue weighted by molar-refractivity contribution is 0.201. The van der Waals surface area contributed by atoms with Crippen molar-refractivity contribution in [3.05, 3.63) is 5.89 Å². The standard InChI is InChI=1S/C12H24N4O3/c1-12(2,3)13-9-10-14-15-11(19-10)16(5-7-17)6-8-18-4/h13,17H,5-9H2,1-4H3. The number of aliphatic hydroxyl groups excluding tert-OH is 1. The van der Waals surface area contributed by atoms with Crippen LogP contribution >= 0.6 is 0 Å². The highest BCUT2D eigenvalue weighted by Gasteiger charge is 2.15. The Hall–Kier alpha value is -1.18. The molecule has 0 unspecified atom stereocenters. The summed E-state index contributed by atoms with van der Waals surface area (Å²) in [5, 5.41) is 20.3. The van der Waals surface area contributed by atoms with E-state index < -0.39 is 0 Å². The molecule has 7 nitrogen and oxygen atoms in total. The van der Waals surface area contributed by atoms with Crippen molar-refractivity contribution in [1.82, 2.24) is 15.5 Å². The zero-order valence-electron chi connectivity index (χ0n) is 12.1. The van der Waals surface area contributed by atoms with E-state index in [4.69, 9.17) is 14.3 Å². The van der Waals surface area contributed by atoms with Crippen molar-refractivity contribution in [2.45, 2.75) is 32.9 Å². The van der Waals surface area contributed by atoms with Crippen LogP contribution in [-0.2, 0) is 11.3 Å². The third-order valence-corrected chi connectivity index (χ3v) is 2.43. The molecule has 0 aromatic carbocycles. The van der Waals surface area contributed by atoms with Gasteiger partial charge >= 0.3 is 6.01 Å². The summed E-state index contributed by atoms with van der Waals surface area (Å²) in [5.74, 6) is 0.533. The summed E-state index contributed by atoms with van der Waals surface area (Å²) in [5.41, 5.74) is -0.00449. The lowest BCUT2D eigenvalue weighted by Crippen LogP contribution is -2.35. The second kappa shape index (κ2) is 7.42. The minimum absolute atomic E-state index is 0.00449. The topological polar surface area (TPSA) is 83.7 Å². The normalized spacial score (nSPS) is 11.8. The fourth-order valence-corrected chi connectivity index (χ4v) is 1.41. The van der Waals surface area contributed by atoms with Crippen molar-refractivity contribution in [3.63, 3.8) is 0 Å². The summed E-state index contributed by atoms with van der Waals surface area (Å²) in [4.78, 5) is 1.80. The van der Waals surface area contributed by atoms with Crippen LogP contribution < -0.4 is 10.2 Å². The largest absolute Gasteiger partial charge is 0.407 e. The monoisotopic (exact) mass is 272 g/mol. The van der Waals surface area contributed by atoms with Gasteiger partial charge in [0.2, 0.25) is 5.89 Å². The third kappa shape index (κ3) is 6.00. The van der Waals surface area contributed by atoms with Crippen LogP contribution in [0, 0.1) is 0 Å². The molecule has 0 radical (unpaired) electrons. The maximum absolute atomic E-state index is 9.03. The van der Waals surface area contributed by atoms with Crippen LogP contribution in [-0.4, -0.2) is 54.3 Å². The predicted octanol–water partition coefficient (Wildman–Crippen LogP) is 0.403. The Bertz CT molecular complexity index is 362. The molecule has 1 aromatic heterocycles. The molecule has 1 rings (SSSR count). The van der Waals surface area contributed by atoms with E-state index in [1.165, 1.54) is 0 Å². The molecule has 19 heavy (non-hydrogen) atoms. The van der Waals surface area contributed by atoms with Gasteiger partial charge in [0.05, 0.1) is 19.8 Å². The highest BCUT2D eigenvalue weighted by Crippen LogP contribution is 2.12. The van der Waals surface area contributed by atoms with E-state index in [1.807, 2.05) is 0 Å². The Morgan fingerprint density at radius 1 is 1.32 bits per heavy atom. The van der Waals surface area contributed by atoms with E-state index in [9.17, 15) is 0 Å². The fraction of sp³-hybridized carbons (Fsp3) is 0.833. The number of hydrogen-bond acceptors (Lipinski definition) is 7. The van der Waals surface area contributed by atoms with E-state index in [-0.39, 0.29) is 12.1 Å². The Morgan fingerprint density at radius 3 is 2.63 bits per heavy atom. The number of nitrogens with one attached hydrogen (secondary N) is 1. The minimum atomic E-state index is -0.00449. The Labute approximate surface area is 114 Å². The van der Waals surface area contributed by atoms with Crippen LogP contribution in [0.4, 0.5) is 6.01 Å². The summed E-state index contributed by atoms with van der Waals surface area (Å²) in [7, 11) is 1.63. The highest BCUT2D eigenvalue weighted by molar-refractivity contribution is 5.23. The molecule has 0 fully saturated rings. The van der Waals surface area contributed by atoms with Gasteiger partial charge in [-0.2, -0.15) is 0 Å². The highest BCUT2D eigenvalue weighted by atomic mass is 16.5. The molecule has 110 valence electrons. The molecule has 0 spiro atoms. The lowest BCUT2D eigenvalue weighted by atomic mass is 10.1. The maximum Gasteiger partial charge on any atom is 0.318 e. The molecule has 0 saturated heterocycles. The van der Waals surface area contributed by atoms with Crippen molar-refractivity contribution in [2.75, 3.05) is 38.3 Å². The van der Waals surface area contributed by atoms with Crippen LogP contribution in [0.3, 0.4) is 0 Å². The average molecular weight is 272 g/mol. The maximum atomic E-state index is 9.03. The van der Waals surface area contributed by atoms with Gasteiger partial charge in [0.25, 0.3) is 0 Å². The van der Waals surface area contributed by atoms with Crippen LogP contribution in [0.2, 0.25) is 0 Å². The first kappa shape index (κ1) is 15.9. The van der Waals surface area contributed by atoms with Gasteiger partial charge in [0.1, 0.15) is 0 Å². The summed E-state index contributed by atoms with van der Waals surface area (Å²) in [6.45, 7) is 8.35. The van der Waals surface area contributed by atoms with Crippen molar-refractivity contribution in [1.29, 1.82) is 0 Å². The van der Waals surface area contributed by atoms with Gasteiger partial charge < -0.3 is 24.5 Å². The fourth-order valence-electron chi connectivity index (χ4n) is 1.41. The van der Waals surface area contributed by atoms with Crippen LogP contribution in [0.1, 0.15) is 26.7 Å². The van der Waals surface area contributed by atoms with Crippen molar-refractivity contribution in [2.24, 2.45) is 0 Å². The van der Waals surface area contributed by atoms with E-state index in [2.05, 4.69) is 36.3 Å². The number of hydrogen-bond donors (Lipinski definition) is 2. The van der Waals surface area contributed by atoms with Gasteiger partial charge in [0.15, 0.2) is 0 Å². The molecular weight excluding hydrogens is 248 g/mol. The molecular formula is C12H24N4O3.